The van der Waals surface area contributed by atoms with Gasteiger partial charge in [-0.3, -0.25) is 0 Å². The summed E-state index contributed by atoms with van der Waals surface area (Å²) in [7, 11) is 0. The quantitative estimate of drug-likeness (QED) is 0.159. The molecule has 0 amide bonds. The Balaban J connectivity index is 2.03. The second-order valence-electron chi connectivity index (χ2n) is 9.29. The molecule has 2 unspecified atom stereocenters. The Labute approximate surface area is 194 Å². The van der Waals surface area contributed by atoms with Crippen LogP contribution in [0.15, 0.2) is 0 Å². The van der Waals surface area contributed by atoms with Crippen LogP contribution >= 0.6 is 0 Å². The third-order valence-corrected chi connectivity index (χ3v) is 6.40. The van der Waals surface area contributed by atoms with Gasteiger partial charge < -0.3 is 40.7 Å². The Kier molecular flexibility index (Phi) is 16.8. The molecule has 0 bridgehead atoms. The van der Waals surface area contributed by atoms with Gasteiger partial charge in [-0.25, -0.2) is 0 Å². The van der Waals surface area contributed by atoms with E-state index in [9.17, 15) is 25.5 Å². The van der Waals surface area contributed by atoms with Gasteiger partial charge in [-0.2, -0.15) is 0 Å². The Bertz CT molecular complexity index is 441. The molecule has 0 aromatic rings. The van der Waals surface area contributed by atoms with Crippen LogP contribution in [0.1, 0.15) is 96.8 Å². The van der Waals surface area contributed by atoms with Crippen molar-refractivity contribution < 1.29 is 35.0 Å². The SMILES string of the molecule is CCCCCCCCCCCCCCCC(O)C(N)CO[C@H]1O[C@H](CO)[C@H](O)[C@H](O)[C@H]1O. The summed E-state index contributed by atoms with van der Waals surface area (Å²) >= 11 is 0. The molecule has 8 nitrogen and oxygen atoms in total. The molecule has 1 fully saturated rings. The molecule has 1 rings (SSSR count). The summed E-state index contributed by atoms with van der Waals surface area (Å²) in [5, 5.41) is 49.0. The fourth-order valence-corrected chi connectivity index (χ4v) is 4.11. The summed E-state index contributed by atoms with van der Waals surface area (Å²) in [4.78, 5) is 0. The molecule has 0 aromatic heterocycles. The fraction of sp³-hybridized carbons (Fsp3) is 1.00. The van der Waals surface area contributed by atoms with Gasteiger partial charge >= 0.3 is 0 Å². The fourth-order valence-electron chi connectivity index (χ4n) is 4.11. The van der Waals surface area contributed by atoms with Crippen LogP contribution in [-0.4, -0.2) is 81.6 Å². The van der Waals surface area contributed by atoms with Crippen LogP contribution < -0.4 is 5.73 Å². The molecule has 0 radical (unpaired) electrons. The molecule has 7 atom stereocenters. The lowest BCUT2D eigenvalue weighted by Gasteiger charge is -2.40. The molecule has 32 heavy (non-hydrogen) atoms. The average Bonchev–Trinajstić information content (AvgIpc) is 2.79. The van der Waals surface area contributed by atoms with Crippen molar-refractivity contribution in [1.82, 2.24) is 0 Å². The van der Waals surface area contributed by atoms with E-state index in [0.29, 0.717) is 6.42 Å². The lowest BCUT2D eigenvalue weighted by molar-refractivity contribution is -0.302. The van der Waals surface area contributed by atoms with Gasteiger partial charge in [0.2, 0.25) is 0 Å². The van der Waals surface area contributed by atoms with Gasteiger partial charge in [-0.05, 0) is 6.42 Å². The van der Waals surface area contributed by atoms with E-state index in [2.05, 4.69) is 6.92 Å². The molecule has 1 aliphatic heterocycles. The lowest BCUT2D eigenvalue weighted by Crippen LogP contribution is -2.59. The summed E-state index contributed by atoms with van der Waals surface area (Å²) in [5.74, 6) is 0. The number of unbranched alkanes of at least 4 members (excludes halogenated alkanes) is 12. The molecule has 1 heterocycles. The second-order valence-corrected chi connectivity index (χ2v) is 9.29. The van der Waals surface area contributed by atoms with Crippen molar-refractivity contribution in [2.75, 3.05) is 13.2 Å². The van der Waals surface area contributed by atoms with E-state index in [0.717, 1.165) is 12.8 Å². The molecule has 0 aliphatic carbocycles. The predicted molar refractivity (Wildman–Crippen MR) is 124 cm³/mol. The van der Waals surface area contributed by atoms with Crippen molar-refractivity contribution in [1.29, 1.82) is 0 Å². The molecular weight excluding hydrogens is 414 g/mol. The van der Waals surface area contributed by atoms with Crippen molar-refractivity contribution >= 4 is 0 Å². The first-order valence-corrected chi connectivity index (χ1v) is 12.8. The van der Waals surface area contributed by atoms with E-state index >= 15 is 0 Å². The molecule has 192 valence electrons. The topological polar surface area (TPSA) is 146 Å². The number of hydrogen-bond donors (Lipinski definition) is 6. The van der Waals surface area contributed by atoms with Crippen LogP contribution in [-0.2, 0) is 9.47 Å². The summed E-state index contributed by atoms with van der Waals surface area (Å²) in [5.41, 5.74) is 5.98. The van der Waals surface area contributed by atoms with Crippen LogP contribution in [0.2, 0.25) is 0 Å². The summed E-state index contributed by atoms with van der Waals surface area (Å²) in [6.45, 7) is 1.67. The van der Waals surface area contributed by atoms with E-state index in [1.807, 2.05) is 0 Å². The van der Waals surface area contributed by atoms with Crippen molar-refractivity contribution in [3.63, 3.8) is 0 Å². The largest absolute Gasteiger partial charge is 0.394 e. The smallest absolute Gasteiger partial charge is 0.186 e. The zero-order chi connectivity index (χ0) is 23.8. The second kappa shape index (κ2) is 18.1. The van der Waals surface area contributed by atoms with Gasteiger partial charge in [-0.1, -0.05) is 90.4 Å². The predicted octanol–water partition coefficient (Wildman–Crippen LogP) is 1.97. The first-order valence-electron chi connectivity index (χ1n) is 12.8. The van der Waals surface area contributed by atoms with Gasteiger partial charge in [-0.15, -0.1) is 0 Å². The van der Waals surface area contributed by atoms with Crippen LogP contribution in [0, 0.1) is 0 Å². The molecule has 1 aliphatic rings. The number of rotatable bonds is 19. The molecule has 0 saturated carbocycles. The van der Waals surface area contributed by atoms with Gasteiger partial charge in [0, 0.05) is 0 Å². The third kappa shape index (κ3) is 11.7. The zero-order valence-electron chi connectivity index (χ0n) is 20.0. The van der Waals surface area contributed by atoms with Crippen LogP contribution in [0.25, 0.3) is 0 Å². The Morgan fingerprint density at radius 3 is 1.78 bits per heavy atom. The van der Waals surface area contributed by atoms with Crippen molar-refractivity contribution in [3.8, 4) is 0 Å². The molecule has 1 saturated heterocycles. The lowest BCUT2D eigenvalue weighted by atomic mass is 9.99. The maximum Gasteiger partial charge on any atom is 0.186 e. The van der Waals surface area contributed by atoms with Gasteiger partial charge in [0.25, 0.3) is 0 Å². The molecule has 0 aromatic carbocycles. The van der Waals surface area contributed by atoms with Crippen molar-refractivity contribution in [2.24, 2.45) is 5.73 Å². The van der Waals surface area contributed by atoms with Crippen LogP contribution in [0.4, 0.5) is 0 Å². The Morgan fingerprint density at radius 1 is 0.781 bits per heavy atom. The van der Waals surface area contributed by atoms with Crippen LogP contribution in [0.5, 0.6) is 0 Å². The van der Waals surface area contributed by atoms with Crippen molar-refractivity contribution in [2.45, 2.75) is 140 Å². The number of nitrogens with two attached hydrogens (primary N) is 1. The first-order chi connectivity index (χ1) is 15.4. The highest BCUT2D eigenvalue weighted by Gasteiger charge is 2.44. The van der Waals surface area contributed by atoms with Crippen molar-refractivity contribution in [3.05, 3.63) is 0 Å². The van der Waals surface area contributed by atoms with Gasteiger partial charge in [0.05, 0.1) is 25.4 Å². The number of hydrogen-bond acceptors (Lipinski definition) is 8. The highest BCUT2D eigenvalue weighted by molar-refractivity contribution is 4.89. The minimum absolute atomic E-state index is 0.0672. The highest BCUT2D eigenvalue weighted by Crippen LogP contribution is 2.22. The van der Waals surface area contributed by atoms with E-state index in [1.54, 1.807) is 0 Å². The maximum atomic E-state index is 10.2. The molecule has 8 heteroatoms. The number of aliphatic hydroxyl groups excluding tert-OH is 5. The maximum absolute atomic E-state index is 10.2. The van der Waals surface area contributed by atoms with Crippen LogP contribution in [0.3, 0.4) is 0 Å². The molecule has 0 spiro atoms. The van der Waals surface area contributed by atoms with E-state index < -0.39 is 49.5 Å². The van der Waals surface area contributed by atoms with Gasteiger partial charge in [0.15, 0.2) is 6.29 Å². The minimum Gasteiger partial charge on any atom is -0.394 e. The summed E-state index contributed by atoms with van der Waals surface area (Å²) in [6, 6.07) is -0.653. The van der Waals surface area contributed by atoms with E-state index in [1.165, 1.54) is 70.6 Å². The minimum atomic E-state index is -1.49. The monoisotopic (exact) mass is 463 g/mol. The zero-order valence-corrected chi connectivity index (χ0v) is 20.0. The molecule has 7 N–H and O–H groups in total. The van der Waals surface area contributed by atoms with Gasteiger partial charge in [0.1, 0.15) is 24.4 Å². The Hall–Kier alpha value is -0.320. The highest BCUT2D eigenvalue weighted by atomic mass is 16.7. The third-order valence-electron chi connectivity index (χ3n) is 6.40. The number of ether oxygens (including phenoxy) is 2. The Morgan fingerprint density at radius 2 is 1.28 bits per heavy atom. The first kappa shape index (κ1) is 29.7. The standard InChI is InChI=1S/C24H49NO7/c1-2-3-4-5-6-7-8-9-10-11-12-13-14-15-19(27)18(25)17-31-24-23(30)22(29)21(28)20(16-26)32-24/h18-24,26-30H,2-17,25H2,1H3/t18?,19?,20-,21+,22+,23-,24+/m1/s1. The molecular formula is C24H49NO7. The normalized spacial score (nSPS) is 28.0. The number of aliphatic hydroxyl groups is 5. The summed E-state index contributed by atoms with van der Waals surface area (Å²) < 4.78 is 10.7. The summed E-state index contributed by atoms with van der Waals surface area (Å²) in [6.07, 6.45) is 9.70. The average molecular weight is 464 g/mol. The van der Waals surface area contributed by atoms with E-state index in [-0.39, 0.29) is 6.61 Å². The van der Waals surface area contributed by atoms with E-state index in [4.69, 9.17) is 15.2 Å².